The van der Waals surface area contributed by atoms with Crippen LogP contribution < -0.4 is 14.4 Å². The lowest BCUT2D eigenvalue weighted by molar-refractivity contribution is -0.139. The molecule has 8 nitrogen and oxygen atoms in total. The Kier molecular flexibility index (Phi) is 8.87. The number of carbonyl (C=O) groups is 2. The highest BCUT2D eigenvalue weighted by Crippen LogP contribution is 2.23. The molecule has 1 N–H and O–H groups in total. The average Bonchev–Trinajstić information content (AvgIpc) is 2.79. The predicted molar refractivity (Wildman–Crippen MR) is 130 cm³/mol. The number of rotatable bonds is 10. The number of ether oxygens (including phenoxy) is 1. The highest BCUT2D eigenvalue weighted by Gasteiger charge is 2.29. The second-order valence-electron chi connectivity index (χ2n) is 8.18. The van der Waals surface area contributed by atoms with Gasteiger partial charge in [-0.25, -0.2) is 8.42 Å². The standard InChI is InChI=1S/C24H33N3O5S/c1-17(2)20-10-12-21(13-11-20)27(33(6,30)31)16-23(28)26(18(3)24(29)25-4)15-19-8-7-9-22(14-19)32-5/h7-14,17-18H,15-16H2,1-6H3,(H,25,29)/t18-/m1/s1. The van der Waals surface area contributed by atoms with E-state index in [1.807, 2.05) is 32.0 Å². The van der Waals surface area contributed by atoms with Gasteiger partial charge in [0.25, 0.3) is 0 Å². The molecule has 0 spiro atoms. The molecule has 33 heavy (non-hydrogen) atoms. The fourth-order valence-corrected chi connectivity index (χ4v) is 4.25. The SMILES string of the molecule is CNC(=O)[C@@H](C)N(Cc1cccc(OC)c1)C(=O)CN(c1ccc(C(C)C)cc1)S(C)(=O)=O. The Balaban J connectivity index is 2.38. The molecule has 1 atom stereocenters. The van der Waals surface area contributed by atoms with E-state index in [0.717, 1.165) is 21.7 Å². The molecule has 0 fully saturated rings. The Morgan fingerprint density at radius 3 is 2.21 bits per heavy atom. The van der Waals surface area contributed by atoms with Crippen molar-refractivity contribution in [3.8, 4) is 5.75 Å². The Hall–Kier alpha value is -3.07. The van der Waals surface area contributed by atoms with Crippen molar-refractivity contribution in [2.45, 2.75) is 39.3 Å². The van der Waals surface area contributed by atoms with E-state index in [9.17, 15) is 18.0 Å². The first-order valence-corrected chi connectivity index (χ1v) is 12.5. The Morgan fingerprint density at radius 1 is 1.06 bits per heavy atom. The molecule has 2 amide bonds. The van der Waals surface area contributed by atoms with Crippen molar-refractivity contribution in [1.29, 1.82) is 0 Å². The maximum absolute atomic E-state index is 13.4. The van der Waals surface area contributed by atoms with Gasteiger partial charge in [0.05, 0.1) is 19.1 Å². The summed E-state index contributed by atoms with van der Waals surface area (Å²) < 4.78 is 31.5. The number of anilines is 1. The van der Waals surface area contributed by atoms with Crippen LogP contribution in [0, 0.1) is 0 Å². The van der Waals surface area contributed by atoms with Crippen LogP contribution in [0.25, 0.3) is 0 Å². The van der Waals surface area contributed by atoms with Crippen molar-refractivity contribution in [3.05, 3.63) is 59.7 Å². The molecule has 2 aromatic carbocycles. The summed E-state index contributed by atoms with van der Waals surface area (Å²) in [4.78, 5) is 27.1. The zero-order valence-corrected chi connectivity index (χ0v) is 20.8. The molecule has 0 saturated carbocycles. The molecule has 2 aromatic rings. The van der Waals surface area contributed by atoms with Crippen LogP contribution in [-0.2, 0) is 26.2 Å². The molecule has 0 unspecified atom stereocenters. The monoisotopic (exact) mass is 475 g/mol. The van der Waals surface area contributed by atoms with Crippen LogP contribution in [0.5, 0.6) is 5.75 Å². The van der Waals surface area contributed by atoms with Gasteiger partial charge in [-0.2, -0.15) is 0 Å². The first-order valence-electron chi connectivity index (χ1n) is 10.7. The third kappa shape index (κ3) is 6.95. The average molecular weight is 476 g/mol. The molecule has 0 aliphatic rings. The van der Waals surface area contributed by atoms with Crippen LogP contribution >= 0.6 is 0 Å². The van der Waals surface area contributed by atoms with Gasteiger partial charge in [0, 0.05) is 13.6 Å². The number of benzene rings is 2. The summed E-state index contributed by atoms with van der Waals surface area (Å²) in [5.74, 6) is 0.0698. The lowest BCUT2D eigenvalue weighted by Crippen LogP contribution is -2.50. The quantitative estimate of drug-likeness (QED) is 0.570. The van der Waals surface area contributed by atoms with Crippen LogP contribution in [0.4, 0.5) is 5.69 Å². The van der Waals surface area contributed by atoms with Crippen molar-refractivity contribution >= 4 is 27.5 Å². The van der Waals surface area contributed by atoms with Crippen LogP contribution in [0.2, 0.25) is 0 Å². The Bertz CT molecular complexity index is 1070. The van der Waals surface area contributed by atoms with Gasteiger partial charge in [0.1, 0.15) is 18.3 Å². The Morgan fingerprint density at radius 2 is 1.70 bits per heavy atom. The highest BCUT2D eigenvalue weighted by atomic mass is 32.2. The summed E-state index contributed by atoms with van der Waals surface area (Å²) in [6.07, 6.45) is 1.06. The van der Waals surface area contributed by atoms with E-state index in [2.05, 4.69) is 5.32 Å². The summed E-state index contributed by atoms with van der Waals surface area (Å²) in [6.45, 7) is 5.39. The molecule has 0 saturated heterocycles. The number of hydrogen-bond acceptors (Lipinski definition) is 5. The van der Waals surface area contributed by atoms with Gasteiger partial charge in [0.15, 0.2) is 0 Å². The molecule has 0 aliphatic heterocycles. The van der Waals surface area contributed by atoms with Crippen molar-refractivity contribution in [2.24, 2.45) is 0 Å². The van der Waals surface area contributed by atoms with Crippen molar-refractivity contribution in [3.63, 3.8) is 0 Å². The molecule has 9 heteroatoms. The summed E-state index contributed by atoms with van der Waals surface area (Å²) in [5, 5.41) is 2.55. The summed E-state index contributed by atoms with van der Waals surface area (Å²) >= 11 is 0. The molecule has 0 heterocycles. The van der Waals surface area contributed by atoms with Crippen molar-refractivity contribution in [2.75, 3.05) is 31.3 Å². The first kappa shape index (κ1) is 26.2. The number of sulfonamides is 1. The lowest BCUT2D eigenvalue weighted by atomic mass is 10.0. The fraction of sp³-hybridized carbons (Fsp3) is 0.417. The second-order valence-corrected chi connectivity index (χ2v) is 10.1. The molecular formula is C24H33N3O5S. The molecule has 0 aromatic heterocycles. The third-order valence-electron chi connectivity index (χ3n) is 5.43. The lowest BCUT2D eigenvalue weighted by Gasteiger charge is -2.31. The van der Waals surface area contributed by atoms with Crippen molar-refractivity contribution in [1.82, 2.24) is 10.2 Å². The van der Waals surface area contributed by atoms with Gasteiger partial charge >= 0.3 is 0 Å². The molecular weight excluding hydrogens is 442 g/mol. The van der Waals surface area contributed by atoms with Gasteiger partial charge in [-0.3, -0.25) is 13.9 Å². The van der Waals surface area contributed by atoms with Crippen LogP contribution in [0.1, 0.15) is 37.8 Å². The smallest absolute Gasteiger partial charge is 0.244 e. The maximum atomic E-state index is 13.4. The summed E-state index contributed by atoms with van der Waals surface area (Å²) in [5.41, 5.74) is 2.21. The van der Waals surface area contributed by atoms with E-state index in [-0.39, 0.29) is 12.5 Å². The van der Waals surface area contributed by atoms with Gasteiger partial charge in [-0.05, 0) is 48.2 Å². The minimum Gasteiger partial charge on any atom is -0.497 e. The fourth-order valence-electron chi connectivity index (χ4n) is 3.40. The number of carbonyl (C=O) groups excluding carboxylic acids is 2. The van der Waals surface area contributed by atoms with Gasteiger partial charge in [0.2, 0.25) is 21.8 Å². The Labute approximate surface area is 196 Å². The topological polar surface area (TPSA) is 96.0 Å². The zero-order chi connectivity index (χ0) is 24.8. The van der Waals surface area contributed by atoms with Crippen LogP contribution in [-0.4, -0.2) is 58.1 Å². The van der Waals surface area contributed by atoms with E-state index < -0.39 is 28.5 Å². The molecule has 180 valence electrons. The highest BCUT2D eigenvalue weighted by molar-refractivity contribution is 7.92. The van der Waals surface area contributed by atoms with Crippen molar-refractivity contribution < 1.29 is 22.7 Å². The third-order valence-corrected chi connectivity index (χ3v) is 6.57. The zero-order valence-electron chi connectivity index (χ0n) is 20.0. The molecule has 0 bridgehead atoms. The van der Waals surface area contributed by atoms with E-state index in [1.165, 1.54) is 11.9 Å². The number of nitrogens with zero attached hydrogens (tertiary/aromatic N) is 2. The van der Waals surface area contributed by atoms with E-state index in [4.69, 9.17) is 4.74 Å². The second kappa shape index (κ2) is 11.2. The van der Waals surface area contributed by atoms with Crippen LogP contribution in [0.3, 0.4) is 0 Å². The largest absolute Gasteiger partial charge is 0.497 e. The number of hydrogen-bond donors (Lipinski definition) is 1. The molecule has 2 rings (SSSR count). The maximum Gasteiger partial charge on any atom is 0.244 e. The summed E-state index contributed by atoms with van der Waals surface area (Å²) in [7, 11) is -0.712. The molecule has 0 radical (unpaired) electrons. The van der Waals surface area contributed by atoms with Gasteiger partial charge in [-0.1, -0.05) is 38.1 Å². The number of amides is 2. The molecule has 0 aliphatic carbocycles. The number of nitrogens with one attached hydrogen (secondary N) is 1. The summed E-state index contributed by atoms with van der Waals surface area (Å²) in [6, 6.07) is 13.4. The predicted octanol–water partition coefficient (Wildman–Crippen LogP) is 2.75. The van der Waals surface area contributed by atoms with Gasteiger partial charge in [-0.15, -0.1) is 0 Å². The normalized spacial score (nSPS) is 12.2. The minimum absolute atomic E-state index is 0.120. The van der Waals surface area contributed by atoms with Crippen LogP contribution in [0.15, 0.2) is 48.5 Å². The van der Waals surface area contributed by atoms with E-state index >= 15 is 0 Å². The minimum atomic E-state index is -3.75. The van der Waals surface area contributed by atoms with E-state index in [1.54, 1.807) is 44.4 Å². The number of likely N-dealkylation sites (N-methyl/N-ethyl adjacent to an activating group) is 1. The number of methoxy groups -OCH3 is 1. The van der Waals surface area contributed by atoms with Gasteiger partial charge < -0.3 is 15.0 Å². The van der Waals surface area contributed by atoms with E-state index in [0.29, 0.717) is 17.4 Å². The first-order chi connectivity index (χ1) is 15.5.